The summed E-state index contributed by atoms with van der Waals surface area (Å²) in [6.07, 6.45) is 5.55. The van der Waals surface area contributed by atoms with Gasteiger partial charge in [0.25, 0.3) is 5.91 Å². The van der Waals surface area contributed by atoms with Gasteiger partial charge in [-0.1, -0.05) is 36.5 Å². The second-order valence-corrected chi connectivity index (χ2v) is 8.86. The molecule has 2 unspecified atom stereocenters. The Morgan fingerprint density at radius 3 is 2.96 bits per heavy atom. The quantitative estimate of drug-likeness (QED) is 0.596. The zero-order valence-electron chi connectivity index (χ0n) is 15.2. The first-order valence-corrected chi connectivity index (χ1v) is 10.6. The molecule has 1 saturated carbocycles. The third-order valence-electron chi connectivity index (χ3n) is 5.70. The molecule has 0 bridgehead atoms. The SMILES string of the molecule is CCN1c2ccc(C=C3SC(=S)N(CCC(=O)O)C3=O)cc2C2CCCC21. The first-order valence-electron chi connectivity index (χ1n) is 9.37. The van der Waals surface area contributed by atoms with Crippen molar-refractivity contribution in [3.05, 3.63) is 34.2 Å². The molecule has 1 aromatic rings. The van der Waals surface area contributed by atoms with Gasteiger partial charge in [-0.25, -0.2) is 0 Å². The average Bonchev–Trinajstić information content (AvgIpc) is 3.28. The summed E-state index contributed by atoms with van der Waals surface area (Å²) in [4.78, 5) is 27.9. The molecule has 2 fully saturated rings. The number of carbonyl (C=O) groups excluding carboxylic acids is 1. The molecule has 0 aromatic heterocycles. The van der Waals surface area contributed by atoms with Crippen LogP contribution in [0.5, 0.6) is 0 Å². The third-order valence-corrected chi connectivity index (χ3v) is 7.08. The number of benzene rings is 1. The van der Waals surface area contributed by atoms with Crippen molar-refractivity contribution in [1.82, 2.24) is 4.90 Å². The fourth-order valence-electron chi connectivity index (χ4n) is 4.53. The van der Waals surface area contributed by atoms with Crippen molar-refractivity contribution >= 4 is 51.9 Å². The summed E-state index contributed by atoms with van der Waals surface area (Å²) < 4.78 is 0.432. The Morgan fingerprint density at radius 1 is 1.41 bits per heavy atom. The second-order valence-electron chi connectivity index (χ2n) is 7.19. The highest BCUT2D eigenvalue weighted by molar-refractivity contribution is 8.26. The van der Waals surface area contributed by atoms with Gasteiger partial charge in [-0.2, -0.15) is 0 Å². The molecule has 1 amide bonds. The molecule has 2 aliphatic heterocycles. The summed E-state index contributed by atoms with van der Waals surface area (Å²) >= 11 is 6.51. The molecule has 1 saturated heterocycles. The van der Waals surface area contributed by atoms with E-state index in [1.807, 2.05) is 6.08 Å². The van der Waals surface area contributed by atoms with Gasteiger partial charge in [0, 0.05) is 30.7 Å². The monoisotopic (exact) mass is 402 g/mol. The van der Waals surface area contributed by atoms with Gasteiger partial charge < -0.3 is 10.0 Å². The Bertz CT molecular complexity index is 852. The molecule has 1 aromatic carbocycles. The van der Waals surface area contributed by atoms with Gasteiger partial charge in [0.2, 0.25) is 0 Å². The smallest absolute Gasteiger partial charge is 0.305 e. The van der Waals surface area contributed by atoms with E-state index in [4.69, 9.17) is 17.3 Å². The molecule has 3 aliphatic rings. The van der Waals surface area contributed by atoms with Crippen LogP contribution >= 0.6 is 24.0 Å². The van der Waals surface area contributed by atoms with Crippen LogP contribution in [0.15, 0.2) is 23.1 Å². The van der Waals surface area contributed by atoms with Crippen molar-refractivity contribution < 1.29 is 14.7 Å². The summed E-state index contributed by atoms with van der Waals surface area (Å²) in [5.41, 5.74) is 3.74. The molecule has 7 heteroatoms. The number of amides is 1. The largest absolute Gasteiger partial charge is 0.481 e. The Labute approximate surface area is 168 Å². The topological polar surface area (TPSA) is 60.9 Å². The van der Waals surface area contributed by atoms with E-state index in [0.29, 0.717) is 21.2 Å². The zero-order chi connectivity index (χ0) is 19.1. The lowest BCUT2D eigenvalue weighted by Gasteiger charge is -2.25. The van der Waals surface area contributed by atoms with E-state index < -0.39 is 5.97 Å². The van der Waals surface area contributed by atoms with E-state index in [1.54, 1.807) is 0 Å². The van der Waals surface area contributed by atoms with E-state index in [9.17, 15) is 9.59 Å². The Morgan fingerprint density at radius 2 is 2.22 bits per heavy atom. The van der Waals surface area contributed by atoms with Crippen LogP contribution in [0.1, 0.15) is 49.7 Å². The minimum absolute atomic E-state index is 0.103. The number of aliphatic carboxylic acids is 1. The minimum atomic E-state index is -0.932. The molecule has 5 nitrogen and oxygen atoms in total. The number of anilines is 1. The maximum atomic E-state index is 12.6. The first-order chi connectivity index (χ1) is 13.0. The van der Waals surface area contributed by atoms with Gasteiger partial charge in [0.1, 0.15) is 4.32 Å². The fourth-order valence-corrected chi connectivity index (χ4v) is 5.84. The maximum absolute atomic E-state index is 12.6. The number of carboxylic acid groups (broad SMARTS) is 1. The molecule has 142 valence electrons. The zero-order valence-corrected chi connectivity index (χ0v) is 16.8. The summed E-state index contributed by atoms with van der Waals surface area (Å²) in [6.45, 7) is 3.35. The molecule has 2 atom stereocenters. The highest BCUT2D eigenvalue weighted by Crippen LogP contribution is 2.49. The van der Waals surface area contributed by atoms with Crippen LogP contribution in [-0.4, -0.2) is 45.3 Å². The minimum Gasteiger partial charge on any atom is -0.481 e. The summed E-state index contributed by atoms with van der Waals surface area (Å²) in [7, 11) is 0. The van der Waals surface area contributed by atoms with Gasteiger partial charge in [-0.05, 0) is 49.1 Å². The number of hydrogen-bond donors (Lipinski definition) is 1. The number of rotatable bonds is 5. The molecule has 0 radical (unpaired) electrons. The fraction of sp³-hybridized carbons (Fsp3) is 0.450. The number of carboxylic acids is 1. The van der Waals surface area contributed by atoms with E-state index in [1.165, 1.54) is 47.2 Å². The van der Waals surface area contributed by atoms with Crippen LogP contribution in [0.3, 0.4) is 0 Å². The van der Waals surface area contributed by atoms with Crippen LogP contribution in [0.25, 0.3) is 6.08 Å². The van der Waals surface area contributed by atoms with Crippen molar-refractivity contribution in [3.8, 4) is 0 Å². The highest BCUT2D eigenvalue weighted by atomic mass is 32.2. The van der Waals surface area contributed by atoms with Crippen LogP contribution in [0.4, 0.5) is 5.69 Å². The number of carbonyl (C=O) groups is 2. The lowest BCUT2D eigenvalue weighted by Crippen LogP contribution is -2.30. The molecule has 1 N–H and O–H groups in total. The van der Waals surface area contributed by atoms with Gasteiger partial charge in [0.05, 0.1) is 11.3 Å². The van der Waals surface area contributed by atoms with Crippen LogP contribution in [-0.2, 0) is 9.59 Å². The normalized spacial score (nSPS) is 25.4. The molecule has 27 heavy (non-hydrogen) atoms. The number of thioether (sulfide) groups is 1. The van der Waals surface area contributed by atoms with Crippen molar-refractivity contribution in [2.45, 2.75) is 44.6 Å². The molecule has 0 spiro atoms. The lowest BCUT2D eigenvalue weighted by molar-refractivity contribution is -0.137. The van der Waals surface area contributed by atoms with Crippen molar-refractivity contribution in [2.75, 3.05) is 18.0 Å². The van der Waals surface area contributed by atoms with E-state index in [-0.39, 0.29) is 18.9 Å². The van der Waals surface area contributed by atoms with Crippen LogP contribution in [0.2, 0.25) is 0 Å². The predicted molar refractivity (Wildman–Crippen MR) is 112 cm³/mol. The van der Waals surface area contributed by atoms with Gasteiger partial charge >= 0.3 is 5.97 Å². The summed E-state index contributed by atoms with van der Waals surface area (Å²) in [5, 5.41) is 8.85. The number of thiocarbonyl (C=S) groups is 1. The Balaban J connectivity index is 1.59. The molecule has 2 heterocycles. The van der Waals surface area contributed by atoms with E-state index in [2.05, 4.69) is 30.0 Å². The average molecular weight is 403 g/mol. The predicted octanol–water partition coefficient (Wildman–Crippen LogP) is 3.84. The van der Waals surface area contributed by atoms with Gasteiger partial charge in [-0.15, -0.1) is 0 Å². The van der Waals surface area contributed by atoms with Crippen LogP contribution < -0.4 is 4.90 Å². The van der Waals surface area contributed by atoms with Gasteiger partial charge in [0.15, 0.2) is 0 Å². The molecular formula is C20H22N2O3S2. The number of likely N-dealkylation sites (N-methyl/N-ethyl adjacent to an activating group) is 1. The summed E-state index contributed by atoms with van der Waals surface area (Å²) in [5.74, 6) is -0.530. The van der Waals surface area contributed by atoms with Crippen molar-refractivity contribution in [1.29, 1.82) is 0 Å². The number of fused-ring (bicyclic) bond motifs is 3. The highest BCUT2D eigenvalue weighted by Gasteiger charge is 2.40. The first kappa shape index (κ1) is 18.5. The number of nitrogens with zero attached hydrogens (tertiary/aromatic N) is 2. The Kier molecular flexibility index (Phi) is 4.99. The van der Waals surface area contributed by atoms with E-state index >= 15 is 0 Å². The Hall–Kier alpha value is -1.86. The van der Waals surface area contributed by atoms with Crippen molar-refractivity contribution in [2.24, 2.45) is 0 Å². The molecule has 1 aliphatic carbocycles. The lowest BCUT2D eigenvalue weighted by atomic mass is 9.96. The van der Waals surface area contributed by atoms with Crippen LogP contribution in [0, 0.1) is 0 Å². The third kappa shape index (κ3) is 3.27. The molecule has 4 rings (SSSR count). The summed E-state index contributed by atoms with van der Waals surface area (Å²) in [6, 6.07) is 7.08. The standard InChI is InChI=1S/C20H22N2O3S2/c1-2-21-15-5-3-4-13(15)14-10-12(6-7-16(14)21)11-17-19(25)22(20(26)27-17)9-8-18(23)24/h6-7,10-11,13,15H,2-5,8-9H2,1H3,(H,23,24). The van der Waals surface area contributed by atoms with E-state index in [0.717, 1.165) is 12.1 Å². The van der Waals surface area contributed by atoms with Crippen molar-refractivity contribution in [3.63, 3.8) is 0 Å². The maximum Gasteiger partial charge on any atom is 0.305 e. The second kappa shape index (κ2) is 7.28. The number of hydrogen-bond acceptors (Lipinski definition) is 5. The molecular weight excluding hydrogens is 380 g/mol. The van der Waals surface area contributed by atoms with Gasteiger partial charge in [-0.3, -0.25) is 14.5 Å².